The number of ether oxygens (including phenoxy) is 1. The number of hydrogen-bond donors (Lipinski definition) is 1. The third-order valence-corrected chi connectivity index (χ3v) is 7.09. The van der Waals surface area contributed by atoms with Gasteiger partial charge in [-0.05, 0) is 67.6 Å². The van der Waals surface area contributed by atoms with Crippen LogP contribution in [0.15, 0.2) is 20.1 Å². The molecule has 0 aliphatic carbocycles. The van der Waals surface area contributed by atoms with Crippen LogP contribution in [0, 0.1) is 5.92 Å². The van der Waals surface area contributed by atoms with Crippen molar-refractivity contribution >= 4 is 43.4 Å². The molecular weight excluding hydrogens is 416 g/mol. The minimum absolute atomic E-state index is 0.0875. The summed E-state index contributed by atoms with van der Waals surface area (Å²) < 4.78 is 33.6. The zero-order valence-corrected chi connectivity index (χ0v) is 17.3. The van der Waals surface area contributed by atoms with Crippen molar-refractivity contribution in [1.29, 1.82) is 0 Å². The molecule has 0 aromatic carbocycles. The molecule has 1 atom stereocenters. The van der Waals surface area contributed by atoms with E-state index in [2.05, 4.69) is 20.7 Å². The summed E-state index contributed by atoms with van der Waals surface area (Å²) in [6.45, 7) is 6.97. The fraction of sp³-hybridized carbons (Fsp3) is 0.667. The molecule has 1 amide bonds. The van der Waals surface area contributed by atoms with E-state index in [4.69, 9.17) is 4.74 Å². The Kier molecular flexibility index (Phi) is 6.33. The molecule has 0 bridgehead atoms. The zero-order chi connectivity index (χ0) is 18.0. The Morgan fingerprint density at radius 2 is 2.17 bits per heavy atom. The molecule has 2 rings (SSSR count). The SMILES string of the molecule is CC(C)(C)OC(=O)N1CCC[C@H](CNS(=O)(=O)c2ccc(Br)s2)C1. The van der Waals surface area contributed by atoms with Crippen molar-refractivity contribution in [2.75, 3.05) is 19.6 Å². The van der Waals surface area contributed by atoms with E-state index in [1.807, 2.05) is 20.8 Å². The number of carbonyl (C=O) groups is 1. The number of nitrogens with zero attached hydrogens (tertiary/aromatic N) is 1. The van der Waals surface area contributed by atoms with Crippen LogP contribution in [-0.2, 0) is 14.8 Å². The van der Waals surface area contributed by atoms with Crippen LogP contribution in [0.25, 0.3) is 0 Å². The predicted molar refractivity (Wildman–Crippen MR) is 97.7 cm³/mol. The zero-order valence-electron chi connectivity index (χ0n) is 14.0. The van der Waals surface area contributed by atoms with E-state index < -0.39 is 15.6 Å². The van der Waals surface area contributed by atoms with Gasteiger partial charge in [0.15, 0.2) is 0 Å². The second kappa shape index (κ2) is 7.72. The number of hydrogen-bond acceptors (Lipinski definition) is 5. The quantitative estimate of drug-likeness (QED) is 0.780. The summed E-state index contributed by atoms with van der Waals surface area (Å²) in [5, 5.41) is 0. The van der Waals surface area contributed by atoms with Crippen molar-refractivity contribution < 1.29 is 17.9 Å². The van der Waals surface area contributed by atoms with Crippen molar-refractivity contribution in [2.24, 2.45) is 5.92 Å². The van der Waals surface area contributed by atoms with E-state index in [-0.39, 0.29) is 16.2 Å². The van der Waals surface area contributed by atoms with Gasteiger partial charge in [0.25, 0.3) is 0 Å². The molecule has 6 nitrogen and oxygen atoms in total. The number of amides is 1. The smallest absolute Gasteiger partial charge is 0.410 e. The van der Waals surface area contributed by atoms with E-state index in [0.717, 1.165) is 16.6 Å². The molecule has 0 saturated carbocycles. The highest BCUT2D eigenvalue weighted by molar-refractivity contribution is 9.11. The van der Waals surface area contributed by atoms with Crippen LogP contribution in [0.5, 0.6) is 0 Å². The molecule has 0 unspecified atom stereocenters. The van der Waals surface area contributed by atoms with Gasteiger partial charge in [-0.2, -0.15) is 0 Å². The Hall–Kier alpha value is -0.640. The number of carbonyl (C=O) groups excluding carboxylic acids is 1. The first-order valence-corrected chi connectivity index (χ1v) is 10.9. The normalized spacial score (nSPS) is 19.3. The maximum absolute atomic E-state index is 12.3. The molecule has 0 spiro atoms. The average Bonchev–Trinajstić information content (AvgIpc) is 2.91. The number of thiophene rings is 1. The number of rotatable bonds is 4. The molecule has 1 fully saturated rings. The van der Waals surface area contributed by atoms with Crippen LogP contribution in [0.1, 0.15) is 33.6 Å². The first-order chi connectivity index (χ1) is 11.1. The molecule has 0 radical (unpaired) electrons. The first-order valence-electron chi connectivity index (χ1n) is 7.80. The van der Waals surface area contributed by atoms with Crippen LogP contribution < -0.4 is 4.72 Å². The second-order valence-corrected chi connectivity index (χ2v) is 11.3. The molecule has 9 heteroatoms. The molecule has 1 aliphatic rings. The predicted octanol–water partition coefficient (Wildman–Crippen LogP) is 3.44. The van der Waals surface area contributed by atoms with Gasteiger partial charge in [0.2, 0.25) is 10.0 Å². The highest BCUT2D eigenvalue weighted by Crippen LogP contribution is 2.26. The van der Waals surface area contributed by atoms with Crippen molar-refractivity contribution in [3.63, 3.8) is 0 Å². The maximum atomic E-state index is 12.3. The Balaban J connectivity index is 1.90. The molecule has 1 saturated heterocycles. The van der Waals surface area contributed by atoms with Gasteiger partial charge in [-0.3, -0.25) is 0 Å². The first kappa shape index (κ1) is 19.7. The van der Waals surface area contributed by atoms with Gasteiger partial charge in [-0.1, -0.05) is 0 Å². The molecule has 24 heavy (non-hydrogen) atoms. The van der Waals surface area contributed by atoms with Crippen LogP contribution in [0.3, 0.4) is 0 Å². The lowest BCUT2D eigenvalue weighted by Gasteiger charge is -2.34. The number of sulfonamides is 1. The van der Waals surface area contributed by atoms with Gasteiger partial charge in [-0.15, -0.1) is 11.3 Å². The Labute approximate surface area is 155 Å². The molecule has 136 valence electrons. The lowest BCUT2D eigenvalue weighted by molar-refractivity contribution is 0.0169. The summed E-state index contributed by atoms with van der Waals surface area (Å²) in [6.07, 6.45) is 1.39. The summed E-state index contributed by atoms with van der Waals surface area (Å²) in [7, 11) is -3.50. The van der Waals surface area contributed by atoms with Crippen LogP contribution >= 0.6 is 27.3 Å². The lowest BCUT2D eigenvalue weighted by Crippen LogP contribution is -2.45. The number of piperidine rings is 1. The third kappa shape index (κ3) is 5.72. The third-order valence-electron chi connectivity index (χ3n) is 3.55. The Bertz CT molecular complexity index is 682. The van der Waals surface area contributed by atoms with Crippen LogP contribution in [0.4, 0.5) is 4.79 Å². The molecule has 1 aromatic heterocycles. The fourth-order valence-electron chi connectivity index (χ4n) is 2.46. The standard InChI is InChI=1S/C15H23BrN2O4S2/c1-15(2,3)22-14(19)18-8-4-5-11(10-18)9-17-24(20,21)13-7-6-12(16)23-13/h6-7,11,17H,4-5,8-10H2,1-3H3/t11-/m1/s1. The topological polar surface area (TPSA) is 75.7 Å². The average molecular weight is 439 g/mol. The second-order valence-electron chi connectivity index (χ2n) is 6.85. The highest BCUT2D eigenvalue weighted by atomic mass is 79.9. The van der Waals surface area contributed by atoms with Crippen LogP contribution in [-0.4, -0.2) is 44.6 Å². The largest absolute Gasteiger partial charge is 0.444 e. The minimum atomic E-state index is -3.50. The molecule has 1 aromatic rings. The fourth-order valence-corrected chi connectivity index (χ4v) is 5.64. The van der Waals surface area contributed by atoms with Gasteiger partial charge in [-0.25, -0.2) is 17.9 Å². The highest BCUT2D eigenvalue weighted by Gasteiger charge is 2.28. The van der Waals surface area contributed by atoms with Crippen molar-refractivity contribution in [3.05, 3.63) is 15.9 Å². The van der Waals surface area contributed by atoms with Crippen molar-refractivity contribution in [3.8, 4) is 0 Å². The molecule has 2 heterocycles. The molecule has 1 N–H and O–H groups in total. The Morgan fingerprint density at radius 1 is 1.46 bits per heavy atom. The van der Waals surface area contributed by atoms with E-state index in [9.17, 15) is 13.2 Å². The van der Waals surface area contributed by atoms with Gasteiger partial charge < -0.3 is 9.64 Å². The summed E-state index contributed by atoms with van der Waals surface area (Å²) in [5.74, 6) is 0.0875. The van der Waals surface area contributed by atoms with Gasteiger partial charge >= 0.3 is 6.09 Å². The summed E-state index contributed by atoms with van der Waals surface area (Å²) in [6, 6.07) is 3.29. The number of nitrogens with one attached hydrogen (secondary N) is 1. The number of halogens is 1. The van der Waals surface area contributed by atoms with E-state index in [1.165, 1.54) is 11.3 Å². The van der Waals surface area contributed by atoms with Gasteiger partial charge in [0, 0.05) is 19.6 Å². The molecule has 1 aliphatic heterocycles. The van der Waals surface area contributed by atoms with Crippen molar-refractivity contribution in [1.82, 2.24) is 9.62 Å². The number of likely N-dealkylation sites (tertiary alicyclic amines) is 1. The monoisotopic (exact) mass is 438 g/mol. The van der Waals surface area contributed by atoms with Crippen molar-refractivity contribution in [2.45, 2.75) is 43.4 Å². The van der Waals surface area contributed by atoms with Crippen LogP contribution in [0.2, 0.25) is 0 Å². The van der Waals surface area contributed by atoms with E-state index in [0.29, 0.717) is 19.6 Å². The Morgan fingerprint density at radius 3 is 2.75 bits per heavy atom. The van der Waals surface area contributed by atoms with Gasteiger partial charge in [0.05, 0.1) is 3.79 Å². The van der Waals surface area contributed by atoms with E-state index >= 15 is 0 Å². The summed E-state index contributed by atoms with van der Waals surface area (Å²) in [4.78, 5) is 13.8. The maximum Gasteiger partial charge on any atom is 0.410 e. The minimum Gasteiger partial charge on any atom is -0.444 e. The summed E-state index contributed by atoms with van der Waals surface area (Å²) in [5.41, 5.74) is -0.530. The van der Waals surface area contributed by atoms with E-state index in [1.54, 1.807) is 17.0 Å². The molecular formula is C15H23BrN2O4S2. The van der Waals surface area contributed by atoms with Gasteiger partial charge in [0.1, 0.15) is 9.81 Å². The lowest BCUT2D eigenvalue weighted by atomic mass is 9.99. The summed E-state index contributed by atoms with van der Waals surface area (Å²) >= 11 is 4.44.